The zero-order valence-corrected chi connectivity index (χ0v) is 34.1. The molecule has 0 aliphatic rings. The van der Waals surface area contributed by atoms with E-state index >= 15 is 0 Å². The average Bonchev–Trinajstić information content (AvgIpc) is 3.69. The lowest BCUT2D eigenvalue weighted by molar-refractivity contribution is 1.18. The highest BCUT2D eigenvalue weighted by molar-refractivity contribution is 6.11. The van der Waals surface area contributed by atoms with E-state index < -0.39 is 0 Å². The zero-order valence-electron chi connectivity index (χ0n) is 34.1. The van der Waals surface area contributed by atoms with Crippen molar-refractivity contribution in [2.75, 3.05) is 4.90 Å². The van der Waals surface area contributed by atoms with Gasteiger partial charge in [0.1, 0.15) is 0 Å². The molecule has 11 aromatic rings. The van der Waals surface area contributed by atoms with Crippen LogP contribution >= 0.6 is 0 Å². The summed E-state index contributed by atoms with van der Waals surface area (Å²) >= 11 is 0. The van der Waals surface area contributed by atoms with Gasteiger partial charge in [0.15, 0.2) is 0 Å². The molecule has 0 saturated carbocycles. The predicted molar refractivity (Wildman–Crippen MR) is 263 cm³/mol. The summed E-state index contributed by atoms with van der Waals surface area (Å²) in [6.45, 7) is 0. The van der Waals surface area contributed by atoms with E-state index in [4.69, 9.17) is 0 Å². The molecule has 0 radical (unpaired) electrons. The minimum Gasteiger partial charge on any atom is -0.311 e. The van der Waals surface area contributed by atoms with Gasteiger partial charge in [-0.25, -0.2) is 0 Å². The van der Waals surface area contributed by atoms with E-state index in [-0.39, 0.29) is 0 Å². The summed E-state index contributed by atoms with van der Waals surface area (Å²) in [5.74, 6) is 0. The number of anilines is 3. The van der Waals surface area contributed by atoms with Gasteiger partial charge in [-0.15, -0.1) is 0 Å². The molecule has 0 bridgehead atoms. The molecule has 62 heavy (non-hydrogen) atoms. The number of aromatic nitrogens is 1. The van der Waals surface area contributed by atoms with E-state index in [1.165, 1.54) is 77.4 Å². The summed E-state index contributed by atoms with van der Waals surface area (Å²) in [6.07, 6.45) is 0. The Balaban J connectivity index is 0.988. The monoisotopic (exact) mass is 790 g/mol. The molecule has 0 aliphatic heterocycles. The largest absolute Gasteiger partial charge is 0.311 e. The second-order valence-corrected chi connectivity index (χ2v) is 15.8. The smallest absolute Gasteiger partial charge is 0.0541 e. The van der Waals surface area contributed by atoms with Crippen LogP contribution in [-0.2, 0) is 0 Å². The van der Waals surface area contributed by atoms with E-state index in [1.807, 2.05) is 0 Å². The van der Waals surface area contributed by atoms with Crippen LogP contribution in [0, 0.1) is 0 Å². The zero-order chi connectivity index (χ0) is 41.2. The normalized spacial score (nSPS) is 11.2. The molecule has 292 valence electrons. The third kappa shape index (κ3) is 7.04. The molecule has 11 rings (SSSR count). The number of rotatable bonds is 9. The Bertz CT molecular complexity index is 3180. The van der Waals surface area contributed by atoms with Crippen molar-refractivity contribution in [2.45, 2.75) is 0 Å². The lowest BCUT2D eigenvalue weighted by Gasteiger charge is -2.26. The lowest BCUT2D eigenvalue weighted by Crippen LogP contribution is -2.09. The molecule has 0 unspecified atom stereocenters. The third-order valence-corrected chi connectivity index (χ3v) is 12.0. The van der Waals surface area contributed by atoms with Gasteiger partial charge in [-0.1, -0.05) is 182 Å². The summed E-state index contributed by atoms with van der Waals surface area (Å²) in [6, 6.07) is 92.0. The van der Waals surface area contributed by atoms with Gasteiger partial charge in [0.2, 0.25) is 0 Å². The van der Waals surface area contributed by atoms with Gasteiger partial charge >= 0.3 is 0 Å². The summed E-state index contributed by atoms with van der Waals surface area (Å²) < 4.78 is 2.41. The second kappa shape index (κ2) is 16.1. The molecule has 2 heteroatoms. The van der Waals surface area contributed by atoms with Crippen molar-refractivity contribution in [3.63, 3.8) is 0 Å². The Morgan fingerprint density at radius 1 is 0.226 bits per heavy atom. The standard InChI is InChI=1S/C60H42N2/c1-5-13-43(14-6-1)47-21-31-53(32-22-47)61(54-33-23-48(24-34-54)44-15-7-2-8-16-44)55-35-27-50(28-36-55)52-30-40-60-58(42-52)57-41-51(46-19-11-4-12-20-46)29-39-59(57)62(60)56-37-25-49(26-38-56)45-17-9-3-10-18-45/h1-42H. The quantitative estimate of drug-likeness (QED) is 0.141. The highest BCUT2D eigenvalue weighted by Gasteiger charge is 2.17. The van der Waals surface area contributed by atoms with Crippen LogP contribution in [0.25, 0.3) is 83.1 Å². The first-order chi connectivity index (χ1) is 30.7. The van der Waals surface area contributed by atoms with Crippen LogP contribution in [0.2, 0.25) is 0 Å². The fraction of sp³-hybridized carbons (Fsp3) is 0. The van der Waals surface area contributed by atoms with Crippen LogP contribution in [0.15, 0.2) is 255 Å². The molecular weight excluding hydrogens is 749 g/mol. The van der Waals surface area contributed by atoms with Gasteiger partial charge in [0, 0.05) is 33.5 Å². The van der Waals surface area contributed by atoms with E-state index in [9.17, 15) is 0 Å². The molecule has 1 heterocycles. The Labute approximate surface area is 362 Å². The van der Waals surface area contributed by atoms with Crippen molar-refractivity contribution in [1.29, 1.82) is 0 Å². The van der Waals surface area contributed by atoms with Crippen molar-refractivity contribution in [3.8, 4) is 61.3 Å². The first-order valence-corrected chi connectivity index (χ1v) is 21.2. The summed E-state index contributed by atoms with van der Waals surface area (Å²) in [7, 11) is 0. The van der Waals surface area contributed by atoms with Crippen LogP contribution in [0.1, 0.15) is 0 Å². The van der Waals surface area contributed by atoms with Crippen LogP contribution in [0.4, 0.5) is 17.1 Å². The molecule has 0 saturated heterocycles. The molecule has 0 aliphatic carbocycles. The molecule has 2 nitrogen and oxygen atoms in total. The number of fused-ring (bicyclic) bond motifs is 3. The van der Waals surface area contributed by atoms with E-state index in [1.54, 1.807) is 0 Å². The minimum absolute atomic E-state index is 1.10. The third-order valence-electron chi connectivity index (χ3n) is 12.0. The molecular formula is C60H42N2. The van der Waals surface area contributed by atoms with E-state index in [2.05, 4.69) is 264 Å². The van der Waals surface area contributed by atoms with Gasteiger partial charge in [0.25, 0.3) is 0 Å². The predicted octanol–water partition coefficient (Wildman–Crippen LogP) is 16.6. The summed E-state index contributed by atoms with van der Waals surface area (Å²) in [4.78, 5) is 2.35. The first kappa shape index (κ1) is 36.8. The maximum absolute atomic E-state index is 2.41. The van der Waals surface area contributed by atoms with Crippen molar-refractivity contribution in [3.05, 3.63) is 255 Å². The average molecular weight is 791 g/mol. The Morgan fingerprint density at radius 3 is 0.823 bits per heavy atom. The van der Waals surface area contributed by atoms with E-state index in [0.717, 1.165) is 22.7 Å². The van der Waals surface area contributed by atoms with Gasteiger partial charge in [-0.05, 0) is 128 Å². The van der Waals surface area contributed by atoms with Crippen molar-refractivity contribution < 1.29 is 0 Å². The maximum Gasteiger partial charge on any atom is 0.0541 e. The molecule has 0 N–H and O–H groups in total. The second-order valence-electron chi connectivity index (χ2n) is 15.8. The summed E-state index contributed by atoms with van der Waals surface area (Å²) in [5, 5.41) is 2.46. The number of hydrogen-bond acceptors (Lipinski definition) is 1. The summed E-state index contributed by atoms with van der Waals surface area (Å²) in [5.41, 5.74) is 18.8. The molecule has 1 aromatic heterocycles. The van der Waals surface area contributed by atoms with Crippen LogP contribution in [0.3, 0.4) is 0 Å². The SMILES string of the molecule is c1ccc(-c2ccc(N(c3ccc(-c4ccccc4)cc3)c3ccc(-c4ccc5c(c4)c4cc(-c6ccccc6)ccc4n5-c4ccc(-c5ccccc5)cc4)cc3)cc2)cc1. The van der Waals surface area contributed by atoms with Crippen LogP contribution < -0.4 is 4.90 Å². The molecule has 0 spiro atoms. The Hall–Kier alpha value is -8.20. The molecule has 0 fully saturated rings. The molecule has 0 atom stereocenters. The maximum atomic E-state index is 2.41. The van der Waals surface area contributed by atoms with Crippen molar-refractivity contribution in [2.24, 2.45) is 0 Å². The highest BCUT2D eigenvalue weighted by atomic mass is 15.1. The van der Waals surface area contributed by atoms with Crippen LogP contribution in [0.5, 0.6) is 0 Å². The Kier molecular flexibility index (Phi) is 9.57. The highest BCUT2D eigenvalue weighted by Crippen LogP contribution is 2.40. The van der Waals surface area contributed by atoms with Crippen molar-refractivity contribution >= 4 is 38.9 Å². The fourth-order valence-corrected chi connectivity index (χ4v) is 8.84. The lowest BCUT2D eigenvalue weighted by atomic mass is 10.00. The van der Waals surface area contributed by atoms with Crippen LogP contribution in [-0.4, -0.2) is 4.57 Å². The van der Waals surface area contributed by atoms with E-state index in [0.29, 0.717) is 0 Å². The number of nitrogens with zero attached hydrogens (tertiary/aromatic N) is 2. The topological polar surface area (TPSA) is 8.17 Å². The van der Waals surface area contributed by atoms with Gasteiger partial charge in [0.05, 0.1) is 11.0 Å². The Morgan fingerprint density at radius 2 is 0.484 bits per heavy atom. The van der Waals surface area contributed by atoms with Gasteiger partial charge < -0.3 is 9.47 Å². The number of hydrogen-bond donors (Lipinski definition) is 0. The first-order valence-electron chi connectivity index (χ1n) is 21.2. The van der Waals surface area contributed by atoms with Crippen molar-refractivity contribution in [1.82, 2.24) is 4.57 Å². The fourth-order valence-electron chi connectivity index (χ4n) is 8.84. The molecule has 0 amide bonds. The molecule has 10 aromatic carbocycles. The minimum atomic E-state index is 1.10. The van der Waals surface area contributed by atoms with Gasteiger partial charge in [-0.2, -0.15) is 0 Å². The van der Waals surface area contributed by atoms with Gasteiger partial charge in [-0.3, -0.25) is 0 Å². The number of benzene rings is 10.